The molecule has 0 spiro atoms. The first-order chi connectivity index (χ1) is 7.41. The maximum absolute atomic E-state index is 2.66. The van der Waals surface area contributed by atoms with Crippen molar-refractivity contribution in [3.05, 3.63) is 0 Å². The van der Waals surface area contributed by atoms with E-state index in [9.17, 15) is 0 Å². The summed E-state index contributed by atoms with van der Waals surface area (Å²) in [5.41, 5.74) is 0. The van der Waals surface area contributed by atoms with Crippen molar-refractivity contribution in [2.45, 2.75) is 90.9 Å². The highest BCUT2D eigenvalue weighted by molar-refractivity contribution is 6.81. The number of hydrogen-bond donors (Lipinski definition) is 0. The minimum Gasteiger partial charge on any atom is -0.0688 e. The van der Waals surface area contributed by atoms with Crippen LogP contribution in [-0.4, -0.2) is 8.07 Å². The van der Waals surface area contributed by atoms with E-state index in [1.165, 1.54) is 37.8 Å². The van der Waals surface area contributed by atoms with E-state index in [0.717, 1.165) is 5.92 Å². The molecule has 0 aliphatic rings. The average Bonchev–Trinajstić information content (AvgIpc) is 2.28. The summed E-state index contributed by atoms with van der Waals surface area (Å²) in [6, 6.07) is 2.98. The third kappa shape index (κ3) is 3.12. The fraction of sp³-hybridized carbons (Fsp3) is 1.00. The van der Waals surface area contributed by atoms with E-state index in [-0.39, 0.29) is 0 Å². The van der Waals surface area contributed by atoms with E-state index >= 15 is 0 Å². The van der Waals surface area contributed by atoms with Crippen molar-refractivity contribution in [2.24, 2.45) is 5.92 Å². The molecule has 16 heavy (non-hydrogen) atoms. The van der Waals surface area contributed by atoms with Crippen molar-refractivity contribution in [1.82, 2.24) is 0 Å². The van der Waals surface area contributed by atoms with Crippen molar-refractivity contribution < 1.29 is 0 Å². The summed E-state index contributed by atoms with van der Waals surface area (Å²) in [4.78, 5) is 0. The van der Waals surface area contributed by atoms with Crippen LogP contribution in [-0.2, 0) is 0 Å². The first-order valence-electron chi connectivity index (χ1n) is 7.41. The van der Waals surface area contributed by atoms with Gasteiger partial charge in [-0.3, -0.25) is 0 Å². The highest BCUT2D eigenvalue weighted by Gasteiger charge is 2.46. The summed E-state index contributed by atoms with van der Waals surface area (Å²) in [5.74, 6) is 0.899. The molecule has 0 saturated heterocycles. The maximum Gasteiger partial charge on any atom is 0.0564 e. The van der Waals surface area contributed by atoms with Gasteiger partial charge in [0.2, 0.25) is 0 Å². The Morgan fingerprint density at radius 1 is 1.06 bits per heavy atom. The van der Waals surface area contributed by atoms with Crippen molar-refractivity contribution in [2.75, 3.05) is 0 Å². The van der Waals surface area contributed by atoms with Crippen LogP contribution in [0.15, 0.2) is 0 Å². The first-order valence-corrected chi connectivity index (χ1v) is 10.3. The van der Waals surface area contributed by atoms with E-state index in [1.807, 2.05) is 0 Å². The van der Waals surface area contributed by atoms with Crippen LogP contribution in [0, 0.1) is 5.92 Å². The Morgan fingerprint density at radius 3 is 1.94 bits per heavy atom. The Kier molecular flexibility index (Phi) is 6.92. The van der Waals surface area contributed by atoms with E-state index in [4.69, 9.17) is 0 Å². The molecule has 0 aromatic heterocycles. The van der Waals surface area contributed by atoms with Crippen molar-refractivity contribution >= 4 is 8.07 Å². The second-order valence-corrected chi connectivity index (χ2v) is 11.6. The van der Waals surface area contributed by atoms with Crippen molar-refractivity contribution in [3.63, 3.8) is 0 Å². The van der Waals surface area contributed by atoms with Gasteiger partial charge in [-0.2, -0.15) is 0 Å². The molecule has 0 rings (SSSR count). The smallest absolute Gasteiger partial charge is 0.0564 e. The molecule has 0 aromatic carbocycles. The van der Waals surface area contributed by atoms with Gasteiger partial charge in [0, 0.05) is 0 Å². The number of hydrogen-bond acceptors (Lipinski definition) is 0. The van der Waals surface area contributed by atoms with E-state index < -0.39 is 8.07 Å². The van der Waals surface area contributed by atoms with Gasteiger partial charge in [0.25, 0.3) is 0 Å². The molecule has 98 valence electrons. The quantitative estimate of drug-likeness (QED) is 0.451. The molecule has 0 heterocycles. The van der Waals surface area contributed by atoms with Crippen LogP contribution in [0.1, 0.15) is 67.2 Å². The fourth-order valence-electron chi connectivity index (χ4n) is 3.53. The van der Waals surface area contributed by atoms with Gasteiger partial charge in [0.05, 0.1) is 8.07 Å². The largest absolute Gasteiger partial charge is 0.0688 e. The molecule has 3 unspecified atom stereocenters. The molecular formula is C15H34Si. The summed E-state index contributed by atoms with van der Waals surface area (Å²) in [7, 11) is -1.08. The lowest BCUT2D eigenvalue weighted by Crippen LogP contribution is -2.46. The van der Waals surface area contributed by atoms with E-state index in [0.29, 0.717) is 5.04 Å². The summed E-state index contributed by atoms with van der Waals surface area (Å²) >= 11 is 0. The zero-order valence-corrected chi connectivity index (χ0v) is 13.8. The minimum atomic E-state index is -1.08. The summed E-state index contributed by atoms with van der Waals surface area (Å²) < 4.78 is 0. The normalized spacial score (nSPS) is 21.2. The molecular weight excluding hydrogens is 208 g/mol. The van der Waals surface area contributed by atoms with Gasteiger partial charge >= 0.3 is 0 Å². The predicted molar refractivity (Wildman–Crippen MR) is 79.9 cm³/mol. The summed E-state index contributed by atoms with van der Waals surface area (Å²) in [6.07, 6.45) is 5.53. The third-order valence-electron chi connectivity index (χ3n) is 5.43. The molecule has 0 fully saturated rings. The van der Waals surface area contributed by atoms with Gasteiger partial charge < -0.3 is 0 Å². The molecule has 0 radical (unpaired) electrons. The van der Waals surface area contributed by atoms with Crippen LogP contribution < -0.4 is 0 Å². The molecule has 0 saturated carbocycles. The summed E-state index contributed by atoms with van der Waals surface area (Å²) in [6.45, 7) is 17.3. The Morgan fingerprint density at radius 2 is 1.62 bits per heavy atom. The number of rotatable bonds is 8. The topological polar surface area (TPSA) is 0 Å². The predicted octanol–water partition coefficient (Wildman–Crippen LogP) is 6.10. The molecule has 0 aliphatic heterocycles. The van der Waals surface area contributed by atoms with Crippen molar-refractivity contribution in [3.8, 4) is 0 Å². The highest BCUT2D eigenvalue weighted by Crippen LogP contribution is 2.53. The molecule has 0 aliphatic carbocycles. The minimum absolute atomic E-state index is 0.654. The molecule has 1 heteroatoms. The zero-order chi connectivity index (χ0) is 12.8. The van der Waals surface area contributed by atoms with E-state index in [1.54, 1.807) is 0 Å². The Balaban J connectivity index is 5.11. The van der Waals surface area contributed by atoms with Crippen LogP contribution in [0.4, 0.5) is 0 Å². The Bertz CT molecular complexity index is 190. The van der Waals surface area contributed by atoms with E-state index in [2.05, 4.69) is 48.1 Å². The highest BCUT2D eigenvalue weighted by atomic mass is 28.3. The van der Waals surface area contributed by atoms with Gasteiger partial charge in [0.1, 0.15) is 0 Å². The standard InChI is InChI=1S/C15H34Si/c1-8-12-15(6,14(5)10-3)16(7,11-4)13-9-2/h14H,8-13H2,1-7H3. The summed E-state index contributed by atoms with van der Waals surface area (Å²) in [5, 5.41) is 0.654. The second kappa shape index (κ2) is 6.83. The van der Waals surface area contributed by atoms with Crippen molar-refractivity contribution in [1.29, 1.82) is 0 Å². The van der Waals surface area contributed by atoms with Gasteiger partial charge in [-0.25, -0.2) is 0 Å². The maximum atomic E-state index is 2.66. The van der Waals surface area contributed by atoms with Crippen LogP contribution >= 0.6 is 0 Å². The lowest BCUT2D eigenvalue weighted by molar-refractivity contribution is 0.353. The molecule has 0 bridgehead atoms. The molecule has 0 N–H and O–H groups in total. The molecule has 0 aromatic rings. The fourth-order valence-corrected chi connectivity index (χ4v) is 8.61. The first kappa shape index (κ1) is 16.2. The van der Waals surface area contributed by atoms with Crippen LogP contribution in [0.2, 0.25) is 23.7 Å². The monoisotopic (exact) mass is 242 g/mol. The molecule has 0 nitrogen and oxygen atoms in total. The SMILES string of the molecule is CCCC(C)(C(C)CC)[Si](C)(CC)CCC. The van der Waals surface area contributed by atoms with Crippen LogP contribution in [0.5, 0.6) is 0 Å². The average molecular weight is 243 g/mol. The molecule has 0 amide bonds. The zero-order valence-electron chi connectivity index (χ0n) is 12.8. The van der Waals surface area contributed by atoms with Gasteiger partial charge in [-0.15, -0.1) is 0 Å². The van der Waals surface area contributed by atoms with Crippen LogP contribution in [0.3, 0.4) is 0 Å². The lowest BCUT2D eigenvalue weighted by atomic mass is 9.88. The van der Waals surface area contributed by atoms with Gasteiger partial charge in [0.15, 0.2) is 0 Å². The molecule has 3 atom stereocenters. The Hall–Kier alpha value is 0.217. The lowest BCUT2D eigenvalue weighted by Gasteiger charge is -2.49. The van der Waals surface area contributed by atoms with Gasteiger partial charge in [-0.05, 0) is 11.0 Å². The Labute approximate surface area is 105 Å². The second-order valence-electron chi connectivity index (χ2n) is 6.14. The van der Waals surface area contributed by atoms with Gasteiger partial charge in [-0.1, -0.05) is 85.9 Å². The van der Waals surface area contributed by atoms with Crippen LogP contribution in [0.25, 0.3) is 0 Å². The third-order valence-corrected chi connectivity index (χ3v) is 12.1.